The second-order valence-corrected chi connectivity index (χ2v) is 5.42. The summed E-state index contributed by atoms with van der Waals surface area (Å²) < 4.78 is 0. The molecule has 1 saturated carbocycles. The summed E-state index contributed by atoms with van der Waals surface area (Å²) in [5.41, 5.74) is 0.504. The minimum atomic E-state index is 0.504. The van der Waals surface area contributed by atoms with Crippen LogP contribution in [-0.2, 0) is 0 Å². The summed E-state index contributed by atoms with van der Waals surface area (Å²) in [7, 11) is 2.07. The van der Waals surface area contributed by atoms with E-state index in [9.17, 15) is 0 Å². The minimum absolute atomic E-state index is 0.504. The van der Waals surface area contributed by atoms with Crippen molar-refractivity contribution in [3.63, 3.8) is 0 Å². The fraction of sp³-hybridized carbons (Fsp3) is 1.00. The lowest BCUT2D eigenvalue weighted by molar-refractivity contribution is 0.267. The first-order valence-corrected chi connectivity index (χ1v) is 5.17. The Balaban J connectivity index is 2.32. The van der Waals surface area contributed by atoms with Crippen molar-refractivity contribution in [1.29, 1.82) is 0 Å². The molecule has 0 aromatic carbocycles. The molecule has 1 heteroatoms. The number of hydrogen-bond acceptors (Lipinski definition) is 1. The smallest absolute Gasteiger partial charge is 0.00207 e. The molecule has 0 aliphatic heterocycles. The van der Waals surface area contributed by atoms with Crippen LogP contribution in [0.1, 0.15) is 40.0 Å². The van der Waals surface area contributed by atoms with Crippen LogP contribution in [0.3, 0.4) is 0 Å². The first-order chi connectivity index (χ1) is 5.53. The van der Waals surface area contributed by atoms with Crippen LogP contribution in [-0.4, -0.2) is 13.6 Å². The van der Waals surface area contributed by atoms with E-state index in [0.29, 0.717) is 5.41 Å². The van der Waals surface area contributed by atoms with Gasteiger partial charge in [0.05, 0.1) is 0 Å². The van der Waals surface area contributed by atoms with Gasteiger partial charge in [-0.05, 0) is 50.1 Å². The molecule has 0 radical (unpaired) electrons. The van der Waals surface area contributed by atoms with Crippen LogP contribution in [0.4, 0.5) is 0 Å². The molecule has 1 aliphatic carbocycles. The van der Waals surface area contributed by atoms with E-state index >= 15 is 0 Å². The zero-order chi connectivity index (χ0) is 9.19. The number of rotatable bonds is 4. The lowest BCUT2D eigenvalue weighted by Gasteiger charge is -2.25. The Labute approximate surface area is 76.9 Å². The van der Waals surface area contributed by atoms with Gasteiger partial charge in [0.2, 0.25) is 0 Å². The van der Waals surface area contributed by atoms with Crippen LogP contribution in [0.2, 0.25) is 0 Å². The normalized spacial score (nSPS) is 21.0. The highest BCUT2D eigenvalue weighted by molar-refractivity contribution is 4.85. The van der Waals surface area contributed by atoms with Gasteiger partial charge in [0.15, 0.2) is 0 Å². The lowest BCUT2D eigenvalue weighted by Crippen LogP contribution is -2.25. The summed E-state index contributed by atoms with van der Waals surface area (Å²) in [4.78, 5) is 0. The van der Waals surface area contributed by atoms with Gasteiger partial charge in [-0.2, -0.15) is 0 Å². The highest BCUT2D eigenvalue weighted by atomic mass is 14.8. The predicted molar refractivity (Wildman–Crippen MR) is 54.2 cm³/mol. The molecule has 1 atom stereocenters. The Bertz CT molecular complexity index is 130. The van der Waals surface area contributed by atoms with Crippen molar-refractivity contribution < 1.29 is 0 Å². The van der Waals surface area contributed by atoms with Gasteiger partial charge in [0.1, 0.15) is 0 Å². The van der Waals surface area contributed by atoms with Crippen molar-refractivity contribution >= 4 is 0 Å². The van der Waals surface area contributed by atoms with E-state index in [1.807, 2.05) is 0 Å². The second-order valence-electron chi connectivity index (χ2n) is 5.42. The van der Waals surface area contributed by atoms with Crippen LogP contribution < -0.4 is 5.32 Å². The Kier molecular flexibility index (Phi) is 3.16. The van der Waals surface area contributed by atoms with Crippen LogP contribution in [0.5, 0.6) is 0 Å². The molecule has 0 amide bonds. The van der Waals surface area contributed by atoms with E-state index in [4.69, 9.17) is 0 Å². The Hall–Kier alpha value is -0.0400. The van der Waals surface area contributed by atoms with Gasteiger partial charge in [-0.1, -0.05) is 20.8 Å². The summed E-state index contributed by atoms with van der Waals surface area (Å²) in [6, 6.07) is 0. The van der Waals surface area contributed by atoms with Crippen LogP contribution in [0.15, 0.2) is 0 Å². The van der Waals surface area contributed by atoms with Crippen molar-refractivity contribution in [3.05, 3.63) is 0 Å². The highest BCUT2D eigenvalue weighted by Gasteiger charge is 2.32. The van der Waals surface area contributed by atoms with Gasteiger partial charge in [-0.15, -0.1) is 0 Å². The van der Waals surface area contributed by atoms with E-state index in [2.05, 4.69) is 33.1 Å². The van der Waals surface area contributed by atoms with E-state index in [1.165, 1.54) is 25.8 Å². The molecular weight excluding hydrogens is 146 g/mol. The summed E-state index contributed by atoms with van der Waals surface area (Å²) in [5.74, 6) is 1.96. The van der Waals surface area contributed by atoms with Gasteiger partial charge in [0, 0.05) is 0 Å². The Morgan fingerprint density at radius 3 is 2.25 bits per heavy atom. The molecule has 0 saturated heterocycles. The average Bonchev–Trinajstić information content (AvgIpc) is 2.63. The molecule has 0 bridgehead atoms. The first kappa shape index (κ1) is 10.0. The van der Waals surface area contributed by atoms with Crippen LogP contribution >= 0.6 is 0 Å². The second kappa shape index (κ2) is 3.78. The molecule has 1 unspecified atom stereocenters. The minimum Gasteiger partial charge on any atom is -0.319 e. The standard InChI is InChI=1S/C11H23N/c1-11(2,3)7-10(8-12-4)9-5-6-9/h9-10,12H,5-8H2,1-4H3. The highest BCUT2D eigenvalue weighted by Crippen LogP contribution is 2.41. The molecule has 1 nitrogen and oxygen atoms in total. The van der Waals surface area contributed by atoms with Crippen molar-refractivity contribution in [2.45, 2.75) is 40.0 Å². The molecule has 0 spiro atoms. The third kappa shape index (κ3) is 3.57. The molecule has 1 fully saturated rings. The van der Waals surface area contributed by atoms with Gasteiger partial charge in [-0.3, -0.25) is 0 Å². The fourth-order valence-electron chi connectivity index (χ4n) is 2.02. The molecule has 12 heavy (non-hydrogen) atoms. The van der Waals surface area contributed by atoms with Gasteiger partial charge in [0.25, 0.3) is 0 Å². The van der Waals surface area contributed by atoms with E-state index in [-0.39, 0.29) is 0 Å². The lowest BCUT2D eigenvalue weighted by atomic mass is 9.82. The van der Waals surface area contributed by atoms with Gasteiger partial charge in [-0.25, -0.2) is 0 Å². The van der Waals surface area contributed by atoms with Gasteiger partial charge < -0.3 is 5.32 Å². The van der Waals surface area contributed by atoms with Gasteiger partial charge >= 0.3 is 0 Å². The number of hydrogen-bond donors (Lipinski definition) is 1. The maximum Gasteiger partial charge on any atom is -0.00207 e. The van der Waals surface area contributed by atoms with Crippen molar-refractivity contribution in [1.82, 2.24) is 5.32 Å². The molecule has 0 aromatic heterocycles. The predicted octanol–water partition coefficient (Wildman–Crippen LogP) is 2.67. The average molecular weight is 169 g/mol. The van der Waals surface area contributed by atoms with E-state index in [0.717, 1.165) is 11.8 Å². The summed E-state index contributed by atoms with van der Waals surface area (Å²) in [5, 5.41) is 3.31. The van der Waals surface area contributed by atoms with Crippen LogP contribution in [0.25, 0.3) is 0 Å². The monoisotopic (exact) mass is 169 g/mol. The fourth-order valence-corrected chi connectivity index (χ4v) is 2.02. The molecule has 72 valence electrons. The van der Waals surface area contributed by atoms with Crippen molar-refractivity contribution in [2.75, 3.05) is 13.6 Å². The van der Waals surface area contributed by atoms with E-state index < -0.39 is 0 Å². The molecular formula is C11H23N. The van der Waals surface area contributed by atoms with Crippen LogP contribution in [0, 0.1) is 17.3 Å². The maximum atomic E-state index is 3.31. The van der Waals surface area contributed by atoms with E-state index in [1.54, 1.807) is 0 Å². The zero-order valence-corrected chi connectivity index (χ0v) is 8.98. The maximum absolute atomic E-state index is 3.31. The third-order valence-electron chi connectivity index (χ3n) is 2.63. The molecule has 0 heterocycles. The summed E-state index contributed by atoms with van der Waals surface area (Å²) in [6.45, 7) is 8.25. The quantitative estimate of drug-likeness (QED) is 0.682. The summed E-state index contributed by atoms with van der Waals surface area (Å²) in [6.07, 6.45) is 4.32. The Morgan fingerprint density at radius 1 is 1.33 bits per heavy atom. The third-order valence-corrected chi connectivity index (χ3v) is 2.63. The number of nitrogens with one attached hydrogen (secondary N) is 1. The van der Waals surface area contributed by atoms with Crippen molar-refractivity contribution in [2.24, 2.45) is 17.3 Å². The molecule has 0 aromatic rings. The van der Waals surface area contributed by atoms with Crippen molar-refractivity contribution in [3.8, 4) is 0 Å². The largest absolute Gasteiger partial charge is 0.319 e. The zero-order valence-electron chi connectivity index (χ0n) is 8.98. The first-order valence-electron chi connectivity index (χ1n) is 5.17. The molecule has 1 N–H and O–H groups in total. The SMILES string of the molecule is CNCC(CC(C)(C)C)C1CC1. The molecule has 1 aliphatic rings. The molecule has 1 rings (SSSR count). The Morgan fingerprint density at radius 2 is 1.92 bits per heavy atom. The summed E-state index contributed by atoms with van der Waals surface area (Å²) >= 11 is 0. The topological polar surface area (TPSA) is 12.0 Å².